The van der Waals surface area contributed by atoms with Crippen LogP contribution in [0.3, 0.4) is 0 Å². The molecule has 2 aliphatic carbocycles. The zero-order chi connectivity index (χ0) is 22.7. The van der Waals surface area contributed by atoms with Gasteiger partial charge in [0.1, 0.15) is 0 Å². The summed E-state index contributed by atoms with van der Waals surface area (Å²) >= 11 is 0. The van der Waals surface area contributed by atoms with Crippen LogP contribution in [0, 0.1) is 23.7 Å². The molecule has 0 aromatic carbocycles. The molecular formula is C20H28F8O2. The van der Waals surface area contributed by atoms with Gasteiger partial charge in [-0.05, 0) is 56.3 Å². The molecule has 30 heavy (non-hydrogen) atoms. The fourth-order valence-electron chi connectivity index (χ4n) is 4.65. The van der Waals surface area contributed by atoms with E-state index >= 15 is 0 Å². The third kappa shape index (κ3) is 5.21. The number of rotatable bonds is 8. The number of hydrogen-bond donors (Lipinski definition) is 0. The van der Waals surface area contributed by atoms with Gasteiger partial charge in [-0.3, -0.25) is 4.79 Å². The van der Waals surface area contributed by atoms with E-state index in [4.69, 9.17) is 0 Å². The van der Waals surface area contributed by atoms with Gasteiger partial charge >= 0.3 is 30.2 Å². The van der Waals surface area contributed by atoms with Gasteiger partial charge in [0.25, 0.3) is 0 Å². The standard InChI is InChI=1S/C20H28F8O2/c1-2-12-3-5-13(6-4-12)14-7-9-15(10-8-14)16(29)30-11-18(23,24)20(27,28)19(25,26)17(21)22/h12-15,17H,2-11H2,1H3. The summed E-state index contributed by atoms with van der Waals surface area (Å²) in [5, 5.41) is 0. The van der Waals surface area contributed by atoms with Gasteiger partial charge in [0.05, 0.1) is 5.92 Å². The Morgan fingerprint density at radius 1 is 0.867 bits per heavy atom. The fraction of sp³-hybridized carbons (Fsp3) is 0.950. The number of ether oxygens (including phenoxy) is 1. The first-order valence-corrected chi connectivity index (χ1v) is 10.4. The van der Waals surface area contributed by atoms with Crippen LogP contribution in [0.15, 0.2) is 0 Å². The predicted molar refractivity (Wildman–Crippen MR) is 93.0 cm³/mol. The van der Waals surface area contributed by atoms with E-state index in [1.807, 2.05) is 0 Å². The molecule has 0 amide bonds. The summed E-state index contributed by atoms with van der Waals surface area (Å²) in [6.45, 7) is -0.210. The van der Waals surface area contributed by atoms with E-state index in [2.05, 4.69) is 11.7 Å². The van der Waals surface area contributed by atoms with Gasteiger partial charge in [-0.15, -0.1) is 0 Å². The highest BCUT2D eigenvalue weighted by Gasteiger charge is 2.75. The maximum Gasteiger partial charge on any atom is 0.381 e. The highest BCUT2D eigenvalue weighted by Crippen LogP contribution is 2.49. The number of carbonyl (C=O) groups is 1. The molecule has 10 heteroatoms. The summed E-state index contributed by atoms with van der Waals surface area (Å²) in [4.78, 5) is 12.0. The summed E-state index contributed by atoms with van der Waals surface area (Å²) in [5.74, 6) is -18.5. The number of esters is 1. The third-order valence-electron chi connectivity index (χ3n) is 6.79. The second kappa shape index (κ2) is 9.59. The molecule has 0 saturated heterocycles. The Morgan fingerprint density at radius 3 is 1.77 bits per heavy atom. The lowest BCUT2D eigenvalue weighted by molar-refractivity contribution is -0.344. The molecule has 0 unspecified atom stereocenters. The number of halogens is 8. The molecule has 0 atom stereocenters. The molecule has 0 aliphatic heterocycles. The minimum atomic E-state index is -6.36. The highest BCUT2D eigenvalue weighted by atomic mass is 19.4. The van der Waals surface area contributed by atoms with Crippen molar-refractivity contribution in [2.75, 3.05) is 6.61 Å². The minimum absolute atomic E-state index is 0.340. The van der Waals surface area contributed by atoms with E-state index in [-0.39, 0.29) is 0 Å². The van der Waals surface area contributed by atoms with Crippen LogP contribution < -0.4 is 0 Å². The summed E-state index contributed by atoms with van der Waals surface area (Å²) in [7, 11) is 0. The largest absolute Gasteiger partial charge is 0.459 e. The molecule has 2 aliphatic rings. The Balaban J connectivity index is 1.83. The molecule has 0 heterocycles. The molecule has 2 saturated carbocycles. The van der Waals surface area contributed by atoms with Crippen molar-refractivity contribution >= 4 is 5.97 Å². The molecule has 0 radical (unpaired) electrons. The lowest BCUT2D eigenvalue weighted by Gasteiger charge is -2.37. The average Bonchev–Trinajstić information content (AvgIpc) is 2.71. The first kappa shape index (κ1) is 25.2. The quantitative estimate of drug-likeness (QED) is 0.302. The smallest absolute Gasteiger partial charge is 0.381 e. The van der Waals surface area contributed by atoms with E-state index in [9.17, 15) is 39.9 Å². The molecule has 2 nitrogen and oxygen atoms in total. The molecule has 176 valence electrons. The zero-order valence-corrected chi connectivity index (χ0v) is 16.8. The van der Waals surface area contributed by atoms with Crippen LogP contribution >= 0.6 is 0 Å². The van der Waals surface area contributed by atoms with Gasteiger partial charge in [-0.25, -0.2) is 8.78 Å². The molecule has 2 rings (SSSR count). The van der Waals surface area contributed by atoms with E-state index < -0.39 is 42.7 Å². The van der Waals surface area contributed by atoms with Crippen LogP contribution in [0.4, 0.5) is 35.1 Å². The van der Waals surface area contributed by atoms with Gasteiger partial charge in [-0.2, -0.15) is 26.3 Å². The minimum Gasteiger partial charge on any atom is -0.459 e. The van der Waals surface area contributed by atoms with Gasteiger partial charge in [-0.1, -0.05) is 26.2 Å². The average molecular weight is 452 g/mol. The van der Waals surface area contributed by atoms with Crippen LogP contribution in [0.1, 0.15) is 64.7 Å². The summed E-state index contributed by atoms with van der Waals surface area (Å²) in [5.41, 5.74) is 0. The Morgan fingerprint density at radius 2 is 1.33 bits per heavy atom. The van der Waals surface area contributed by atoms with Gasteiger partial charge < -0.3 is 4.74 Å². The zero-order valence-electron chi connectivity index (χ0n) is 16.8. The molecule has 0 N–H and O–H groups in total. The SMILES string of the molecule is CCC1CCC(C2CCC(C(=O)OCC(F)(F)C(F)(F)C(F)(F)C(F)F)CC2)CC1. The number of alkyl halides is 8. The van der Waals surface area contributed by atoms with Gasteiger partial charge in [0, 0.05) is 0 Å². The molecule has 0 spiro atoms. The maximum absolute atomic E-state index is 13.5. The lowest BCUT2D eigenvalue weighted by atomic mass is 9.69. The van der Waals surface area contributed by atoms with Crippen LogP contribution in [0.2, 0.25) is 0 Å². The molecular weight excluding hydrogens is 424 g/mol. The Hall–Kier alpha value is -1.09. The third-order valence-corrected chi connectivity index (χ3v) is 6.79. The van der Waals surface area contributed by atoms with Crippen molar-refractivity contribution in [1.29, 1.82) is 0 Å². The summed E-state index contributed by atoms with van der Waals surface area (Å²) < 4.78 is 108. The Labute approximate surface area is 170 Å². The second-order valence-electron chi connectivity index (χ2n) is 8.61. The van der Waals surface area contributed by atoms with Crippen molar-refractivity contribution in [3.05, 3.63) is 0 Å². The second-order valence-corrected chi connectivity index (χ2v) is 8.61. The highest BCUT2D eigenvalue weighted by molar-refractivity contribution is 5.72. The van der Waals surface area contributed by atoms with Crippen LogP contribution in [-0.2, 0) is 9.53 Å². The molecule has 0 bridgehead atoms. The first-order valence-electron chi connectivity index (χ1n) is 10.4. The predicted octanol–water partition coefficient (Wildman–Crippen LogP) is 6.72. The van der Waals surface area contributed by atoms with E-state index in [0.29, 0.717) is 37.5 Å². The Bertz CT molecular complexity index is 565. The van der Waals surface area contributed by atoms with Crippen molar-refractivity contribution in [2.24, 2.45) is 23.7 Å². The summed E-state index contributed by atoms with van der Waals surface area (Å²) in [6, 6.07) is 0. The summed E-state index contributed by atoms with van der Waals surface area (Å²) in [6.07, 6.45) is 2.74. The Kier molecular flexibility index (Phi) is 8.05. The lowest BCUT2D eigenvalue weighted by Crippen LogP contribution is -2.59. The van der Waals surface area contributed by atoms with E-state index in [1.165, 1.54) is 0 Å². The van der Waals surface area contributed by atoms with Crippen LogP contribution in [0.25, 0.3) is 0 Å². The van der Waals surface area contributed by atoms with Crippen molar-refractivity contribution in [3.63, 3.8) is 0 Å². The number of carbonyl (C=O) groups excluding carboxylic acids is 1. The normalized spacial score (nSPS) is 29.1. The fourth-order valence-corrected chi connectivity index (χ4v) is 4.65. The monoisotopic (exact) mass is 452 g/mol. The van der Waals surface area contributed by atoms with Crippen molar-refractivity contribution in [2.45, 2.75) is 88.9 Å². The van der Waals surface area contributed by atoms with E-state index in [1.54, 1.807) is 0 Å². The van der Waals surface area contributed by atoms with Gasteiger partial charge in [0.15, 0.2) is 6.61 Å². The number of hydrogen-bond acceptors (Lipinski definition) is 2. The maximum atomic E-state index is 13.5. The van der Waals surface area contributed by atoms with E-state index in [0.717, 1.165) is 38.0 Å². The first-order chi connectivity index (χ1) is 13.8. The van der Waals surface area contributed by atoms with Crippen molar-refractivity contribution < 1.29 is 44.7 Å². The molecule has 0 aromatic rings. The van der Waals surface area contributed by atoms with Crippen LogP contribution in [0.5, 0.6) is 0 Å². The topological polar surface area (TPSA) is 26.3 Å². The van der Waals surface area contributed by atoms with Crippen molar-refractivity contribution in [3.8, 4) is 0 Å². The van der Waals surface area contributed by atoms with Crippen LogP contribution in [-0.4, -0.2) is 36.8 Å². The van der Waals surface area contributed by atoms with Gasteiger partial charge in [0.2, 0.25) is 0 Å². The van der Waals surface area contributed by atoms with Crippen molar-refractivity contribution in [1.82, 2.24) is 0 Å². The molecule has 0 aromatic heterocycles. The molecule has 2 fully saturated rings.